The molecule has 0 fully saturated rings. The van der Waals surface area contributed by atoms with E-state index < -0.39 is 17.5 Å². The second kappa shape index (κ2) is 7.37. The summed E-state index contributed by atoms with van der Waals surface area (Å²) < 4.78 is 0. The predicted molar refractivity (Wildman–Crippen MR) is 78.2 cm³/mol. The Morgan fingerprint density at radius 1 is 1.05 bits per heavy atom. The number of rotatable bonds is 7. The van der Waals surface area contributed by atoms with E-state index in [0.29, 0.717) is 13.1 Å². The highest BCUT2D eigenvalue weighted by Gasteiger charge is 2.32. The van der Waals surface area contributed by atoms with Crippen LogP contribution < -0.4 is 22.1 Å². The molecule has 0 bridgehead atoms. The normalized spacial score (nSPS) is 10.8. The minimum atomic E-state index is -0.583. The monoisotopic (exact) mass is 278 g/mol. The lowest BCUT2D eigenvalue weighted by atomic mass is 9.76. The number of nitrogens with two attached hydrogens (primary N) is 2. The minimum Gasteiger partial charge on any atom is -0.352 e. The number of hydrogen-bond donors (Lipinski definition) is 4. The molecule has 0 spiro atoms. The summed E-state index contributed by atoms with van der Waals surface area (Å²) in [5.74, 6) is 0. The maximum absolute atomic E-state index is 11.0. The Balaban J connectivity index is 3.04. The first kappa shape index (κ1) is 15.8. The Kier molecular flexibility index (Phi) is 5.83. The molecule has 0 unspecified atom stereocenters. The van der Waals surface area contributed by atoms with Crippen LogP contribution in [-0.4, -0.2) is 25.2 Å². The number of carbonyl (C=O) groups is 2. The van der Waals surface area contributed by atoms with Crippen molar-refractivity contribution in [1.82, 2.24) is 10.6 Å². The third-order valence-electron chi connectivity index (χ3n) is 3.32. The van der Waals surface area contributed by atoms with Gasteiger partial charge in [0.1, 0.15) is 0 Å². The van der Waals surface area contributed by atoms with Crippen molar-refractivity contribution in [1.29, 1.82) is 0 Å². The van der Waals surface area contributed by atoms with Gasteiger partial charge in [0.05, 0.1) is 0 Å². The Morgan fingerprint density at radius 3 is 1.95 bits per heavy atom. The van der Waals surface area contributed by atoms with Crippen LogP contribution in [0.15, 0.2) is 30.3 Å². The third-order valence-corrected chi connectivity index (χ3v) is 3.32. The summed E-state index contributed by atoms with van der Waals surface area (Å²) in [4.78, 5) is 22.0. The van der Waals surface area contributed by atoms with E-state index in [9.17, 15) is 9.59 Å². The van der Waals surface area contributed by atoms with E-state index in [2.05, 4.69) is 10.6 Å². The molecule has 0 atom stereocenters. The van der Waals surface area contributed by atoms with Crippen LogP contribution >= 0.6 is 0 Å². The SMILES string of the molecule is CCCC(CNC(N)=O)(CNC(N)=O)c1ccccc1. The van der Waals surface area contributed by atoms with Gasteiger partial charge in [0.2, 0.25) is 0 Å². The molecule has 0 saturated heterocycles. The molecule has 6 heteroatoms. The molecule has 0 saturated carbocycles. The molecule has 20 heavy (non-hydrogen) atoms. The van der Waals surface area contributed by atoms with E-state index in [-0.39, 0.29) is 0 Å². The molecule has 0 aliphatic carbocycles. The highest BCUT2D eigenvalue weighted by Crippen LogP contribution is 2.28. The molecule has 110 valence electrons. The average molecular weight is 278 g/mol. The fourth-order valence-electron chi connectivity index (χ4n) is 2.37. The van der Waals surface area contributed by atoms with Gasteiger partial charge in [0, 0.05) is 18.5 Å². The van der Waals surface area contributed by atoms with E-state index in [0.717, 1.165) is 18.4 Å². The van der Waals surface area contributed by atoms with Crippen molar-refractivity contribution >= 4 is 12.1 Å². The van der Waals surface area contributed by atoms with Crippen LogP contribution in [0.2, 0.25) is 0 Å². The first-order valence-electron chi connectivity index (χ1n) is 6.62. The Bertz CT molecular complexity index is 430. The summed E-state index contributed by atoms with van der Waals surface area (Å²) in [6, 6.07) is 8.55. The number of primary amides is 2. The number of amides is 4. The van der Waals surface area contributed by atoms with Crippen molar-refractivity contribution < 1.29 is 9.59 Å². The zero-order chi connectivity index (χ0) is 15.0. The van der Waals surface area contributed by atoms with Crippen molar-refractivity contribution in [2.45, 2.75) is 25.2 Å². The second-order valence-corrected chi connectivity index (χ2v) is 4.83. The van der Waals surface area contributed by atoms with Gasteiger partial charge in [0.15, 0.2) is 0 Å². The molecule has 6 N–H and O–H groups in total. The van der Waals surface area contributed by atoms with E-state index in [4.69, 9.17) is 11.5 Å². The summed E-state index contributed by atoms with van der Waals surface area (Å²) in [6.07, 6.45) is 1.69. The highest BCUT2D eigenvalue weighted by molar-refractivity contribution is 5.72. The van der Waals surface area contributed by atoms with Crippen LogP contribution in [0.5, 0.6) is 0 Å². The third kappa shape index (κ3) is 4.46. The number of urea groups is 2. The van der Waals surface area contributed by atoms with Crippen LogP contribution in [0.25, 0.3) is 0 Å². The van der Waals surface area contributed by atoms with Gasteiger partial charge >= 0.3 is 12.1 Å². The van der Waals surface area contributed by atoms with Crippen molar-refractivity contribution in [2.24, 2.45) is 11.5 Å². The highest BCUT2D eigenvalue weighted by atomic mass is 16.2. The first-order valence-corrected chi connectivity index (χ1v) is 6.62. The quantitative estimate of drug-likeness (QED) is 0.598. The molecule has 0 aliphatic heterocycles. The van der Waals surface area contributed by atoms with Gasteiger partial charge in [-0.05, 0) is 12.0 Å². The summed E-state index contributed by atoms with van der Waals surface area (Å²) >= 11 is 0. The van der Waals surface area contributed by atoms with Crippen LogP contribution in [0.4, 0.5) is 9.59 Å². The fourth-order valence-corrected chi connectivity index (χ4v) is 2.37. The van der Waals surface area contributed by atoms with Gasteiger partial charge in [-0.1, -0.05) is 43.7 Å². The van der Waals surface area contributed by atoms with Crippen molar-refractivity contribution in [3.63, 3.8) is 0 Å². The van der Waals surface area contributed by atoms with E-state index in [1.165, 1.54) is 0 Å². The van der Waals surface area contributed by atoms with Crippen molar-refractivity contribution in [3.05, 3.63) is 35.9 Å². The molecular weight excluding hydrogens is 256 g/mol. The number of benzene rings is 1. The summed E-state index contributed by atoms with van der Waals surface area (Å²) in [5.41, 5.74) is 11.0. The lowest BCUT2D eigenvalue weighted by molar-refractivity contribution is 0.238. The predicted octanol–water partition coefficient (Wildman–Crippen LogP) is 1.06. The lowest BCUT2D eigenvalue weighted by Crippen LogP contribution is -2.50. The maximum atomic E-state index is 11.0. The van der Waals surface area contributed by atoms with E-state index in [1.54, 1.807) is 0 Å². The largest absolute Gasteiger partial charge is 0.352 e. The Labute approximate surface area is 118 Å². The van der Waals surface area contributed by atoms with Gasteiger partial charge in [0.25, 0.3) is 0 Å². The Morgan fingerprint density at radius 2 is 1.55 bits per heavy atom. The fraction of sp³-hybridized carbons (Fsp3) is 0.429. The minimum absolute atomic E-state index is 0.348. The molecule has 6 nitrogen and oxygen atoms in total. The van der Waals surface area contributed by atoms with Gasteiger partial charge in [-0.15, -0.1) is 0 Å². The second-order valence-electron chi connectivity index (χ2n) is 4.83. The van der Waals surface area contributed by atoms with Gasteiger partial charge in [-0.3, -0.25) is 0 Å². The smallest absolute Gasteiger partial charge is 0.312 e. The molecule has 0 aliphatic rings. The molecule has 1 aromatic rings. The standard InChI is InChI=1S/C14H22N4O2/c1-2-8-14(9-17-12(15)19,10-18-13(16)20)11-6-4-3-5-7-11/h3-7H,2,8-10H2,1H3,(H3,15,17,19)(H3,16,18,20). The van der Waals surface area contributed by atoms with E-state index in [1.807, 2.05) is 37.3 Å². The van der Waals surface area contributed by atoms with Crippen LogP contribution in [-0.2, 0) is 5.41 Å². The lowest BCUT2D eigenvalue weighted by Gasteiger charge is -2.34. The van der Waals surface area contributed by atoms with Crippen LogP contribution in [0, 0.1) is 0 Å². The topological polar surface area (TPSA) is 110 Å². The summed E-state index contributed by atoms with van der Waals surface area (Å²) in [5, 5.41) is 5.28. The number of nitrogens with one attached hydrogen (secondary N) is 2. The number of hydrogen-bond acceptors (Lipinski definition) is 2. The van der Waals surface area contributed by atoms with Crippen LogP contribution in [0.1, 0.15) is 25.3 Å². The average Bonchev–Trinajstić information content (AvgIpc) is 2.43. The van der Waals surface area contributed by atoms with Gasteiger partial charge in [-0.2, -0.15) is 0 Å². The molecule has 4 amide bonds. The van der Waals surface area contributed by atoms with Crippen molar-refractivity contribution in [3.8, 4) is 0 Å². The Hall–Kier alpha value is -2.24. The summed E-state index contributed by atoms with van der Waals surface area (Å²) in [7, 11) is 0. The molecule has 1 rings (SSSR count). The van der Waals surface area contributed by atoms with E-state index >= 15 is 0 Å². The maximum Gasteiger partial charge on any atom is 0.312 e. The summed E-state index contributed by atoms with van der Waals surface area (Å²) in [6.45, 7) is 2.74. The molecule has 0 radical (unpaired) electrons. The number of carbonyl (C=O) groups excluding carboxylic acids is 2. The van der Waals surface area contributed by atoms with Gasteiger partial charge in [-0.25, -0.2) is 9.59 Å². The van der Waals surface area contributed by atoms with Crippen LogP contribution in [0.3, 0.4) is 0 Å². The molecule has 1 aromatic carbocycles. The molecular formula is C14H22N4O2. The first-order chi connectivity index (χ1) is 9.50. The molecule has 0 heterocycles. The zero-order valence-electron chi connectivity index (χ0n) is 11.7. The van der Waals surface area contributed by atoms with Gasteiger partial charge < -0.3 is 22.1 Å². The van der Waals surface area contributed by atoms with Crippen molar-refractivity contribution in [2.75, 3.05) is 13.1 Å². The zero-order valence-corrected chi connectivity index (χ0v) is 11.7. The molecule has 0 aromatic heterocycles.